The molecule has 0 spiro atoms. The average Bonchev–Trinajstić information content (AvgIpc) is 2.85. The Bertz CT molecular complexity index is 663. The van der Waals surface area contributed by atoms with Crippen LogP contribution in [0.5, 0.6) is 0 Å². The number of esters is 1. The molecule has 0 bridgehead atoms. The number of nitrogens with one attached hydrogen (secondary N) is 1. The maximum absolute atomic E-state index is 12.4. The van der Waals surface area contributed by atoms with Gasteiger partial charge < -0.3 is 10.1 Å². The van der Waals surface area contributed by atoms with E-state index in [0.717, 1.165) is 29.3 Å². The van der Waals surface area contributed by atoms with E-state index in [4.69, 9.17) is 4.74 Å². The molecule has 0 saturated carbocycles. The fourth-order valence-electron chi connectivity index (χ4n) is 2.13. The van der Waals surface area contributed by atoms with Gasteiger partial charge in [0.1, 0.15) is 10.6 Å². The lowest BCUT2D eigenvalue weighted by Gasteiger charge is -2.07. The lowest BCUT2D eigenvalue weighted by molar-refractivity contribution is -0.116. The smallest absolute Gasteiger partial charge is 0.341 e. The molecule has 4 nitrogen and oxygen atoms in total. The molecule has 0 radical (unpaired) electrons. The Morgan fingerprint density at radius 2 is 1.95 bits per heavy atom. The summed E-state index contributed by atoms with van der Waals surface area (Å²) in [6, 6.07) is 7.63. The van der Waals surface area contributed by atoms with E-state index in [1.165, 1.54) is 11.3 Å². The van der Waals surface area contributed by atoms with Crippen LogP contribution in [0.4, 0.5) is 5.00 Å². The molecule has 5 heteroatoms. The fourth-order valence-corrected chi connectivity index (χ4v) is 3.24. The summed E-state index contributed by atoms with van der Waals surface area (Å²) in [7, 11) is 0. The van der Waals surface area contributed by atoms with Crippen LogP contribution in [0.15, 0.2) is 24.3 Å². The number of carbonyl (C=O) groups is 2. The molecule has 1 N–H and O–H groups in total. The molecule has 1 aromatic carbocycles. The van der Waals surface area contributed by atoms with E-state index in [1.54, 1.807) is 0 Å². The number of amides is 1. The molecule has 0 aliphatic rings. The van der Waals surface area contributed by atoms with E-state index in [2.05, 4.69) is 5.32 Å². The second-order valence-corrected chi connectivity index (χ2v) is 6.14. The molecule has 118 valence electrons. The van der Waals surface area contributed by atoms with Gasteiger partial charge in [0, 0.05) is 16.5 Å². The first-order valence-electron chi connectivity index (χ1n) is 7.65. The van der Waals surface area contributed by atoms with Crippen LogP contribution >= 0.6 is 11.3 Å². The second kappa shape index (κ2) is 7.94. The van der Waals surface area contributed by atoms with Crippen molar-refractivity contribution in [2.24, 2.45) is 0 Å². The number of hydrogen-bond donors (Lipinski definition) is 1. The Balaban J connectivity index is 2.31. The van der Waals surface area contributed by atoms with Crippen molar-refractivity contribution in [2.75, 3.05) is 11.9 Å². The summed E-state index contributed by atoms with van der Waals surface area (Å²) in [6.07, 6.45) is 3.02. The number of rotatable bonds is 7. The van der Waals surface area contributed by atoms with Gasteiger partial charge in [-0.1, -0.05) is 38.5 Å². The van der Waals surface area contributed by atoms with E-state index in [1.807, 2.05) is 38.1 Å². The number of thiophene rings is 1. The first-order chi connectivity index (χ1) is 10.7. The summed E-state index contributed by atoms with van der Waals surface area (Å²) in [4.78, 5) is 24.3. The Morgan fingerprint density at radius 1 is 1.18 bits per heavy atom. The minimum absolute atomic E-state index is 0.0725. The highest BCUT2D eigenvalue weighted by molar-refractivity contribution is 7.23. The number of fused-ring (bicyclic) bond motifs is 1. The topological polar surface area (TPSA) is 55.4 Å². The van der Waals surface area contributed by atoms with Gasteiger partial charge in [0.25, 0.3) is 0 Å². The van der Waals surface area contributed by atoms with Crippen molar-refractivity contribution >= 4 is 38.3 Å². The van der Waals surface area contributed by atoms with Crippen LogP contribution in [-0.2, 0) is 9.53 Å². The molecule has 22 heavy (non-hydrogen) atoms. The van der Waals surface area contributed by atoms with E-state index in [-0.39, 0.29) is 11.9 Å². The maximum atomic E-state index is 12.4. The summed E-state index contributed by atoms with van der Waals surface area (Å²) >= 11 is 1.41. The normalized spacial score (nSPS) is 10.6. The fraction of sp³-hybridized carbons (Fsp3) is 0.412. The Labute approximate surface area is 134 Å². The van der Waals surface area contributed by atoms with Crippen molar-refractivity contribution < 1.29 is 14.3 Å². The van der Waals surface area contributed by atoms with Crippen LogP contribution < -0.4 is 5.32 Å². The van der Waals surface area contributed by atoms with Gasteiger partial charge in [0.15, 0.2) is 0 Å². The van der Waals surface area contributed by atoms with E-state index < -0.39 is 0 Å². The minimum atomic E-state index is -0.363. The van der Waals surface area contributed by atoms with Crippen LogP contribution in [0.25, 0.3) is 10.1 Å². The molecular weight excluding hydrogens is 298 g/mol. The quantitative estimate of drug-likeness (QED) is 0.599. The van der Waals surface area contributed by atoms with Gasteiger partial charge in [0.05, 0.1) is 6.61 Å². The first kappa shape index (κ1) is 16.5. The average molecular weight is 319 g/mol. The SMILES string of the molecule is CCCCOC(=O)c1c(NC(=O)CCC)sc2ccccc12. The van der Waals surface area contributed by atoms with Gasteiger partial charge in [0.2, 0.25) is 5.91 Å². The zero-order valence-electron chi connectivity index (χ0n) is 13.0. The highest BCUT2D eigenvalue weighted by atomic mass is 32.1. The molecule has 0 fully saturated rings. The number of hydrogen-bond acceptors (Lipinski definition) is 4. The zero-order valence-corrected chi connectivity index (χ0v) is 13.8. The van der Waals surface area contributed by atoms with Crippen LogP contribution in [0.2, 0.25) is 0 Å². The van der Waals surface area contributed by atoms with Crippen LogP contribution in [0, 0.1) is 0 Å². The standard InChI is InChI=1S/C17H21NO3S/c1-3-5-11-21-17(20)15-12-9-6-7-10-13(12)22-16(15)18-14(19)8-4-2/h6-7,9-10H,3-5,8,11H2,1-2H3,(H,18,19). The lowest BCUT2D eigenvalue weighted by atomic mass is 10.1. The van der Waals surface area contributed by atoms with Crippen molar-refractivity contribution in [3.05, 3.63) is 29.8 Å². The van der Waals surface area contributed by atoms with Crippen LogP contribution in [0.3, 0.4) is 0 Å². The second-order valence-electron chi connectivity index (χ2n) is 5.09. The molecule has 1 amide bonds. The molecule has 0 saturated heterocycles. The number of benzene rings is 1. The maximum Gasteiger partial charge on any atom is 0.341 e. The van der Waals surface area contributed by atoms with Crippen molar-refractivity contribution in [3.8, 4) is 0 Å². The van der Waals surface area contributed by atoms with Gasteiger partial charge in [-0.25, -0.2) is 4.79 Å². The summed E-state index contributed by atoms with van der Waals surface area (Å²) in [6.45, 7) is 4.40. The van der Waals surface area contributed by atoms with Crippen molar-refractivity contribution in [3.63, 3.8) is 0 Å². The van der Waals surface area contributed by atoms with Crippen molar-refractivity contribution in [1.29, 1.82) is 0 Å². The highest BCUT2D eigenvalue weighted by Crippen LogP contribution is 2.36. The summed E-state index contributed by atoms with van der Waals surface area (Å²) in [5, 5.41) is 4.27. The number of ether oxygens (including phenoxy) is 1. The largest absolute Gasteiger partial charge is 0.462 e. The monoisotopic (exact) mass is 319 g/mol. The van der Waals surface area contributed by atoms with Crippen LogP contribution in [-0.4, -0.2) is 18.5 Å². The van der Waals surface area contributed by atoms with Crippen LogP contribution in [0.1, 0.15) is 49.9 Å². The van der Waals surface area contributed by atoms with Crippen molar-refractivity contribution in [1.82, 2.24) is 0 Å². The molecule has 0 aliphatic heterocycles. The molecule has 1 aromatic heterocycles. The minimum Gasteiger partial charge on any atom is -0.462 e. The third-order valence-electron chi connectivity index (χ3n) is 3.26. The van der Waals surface area contributed by atoms with Gasteiger partial charge in [-0.2, -0.15) is 0 Å². The Kier molecular flexibility index (Phi) is 5.95. The van der Waals surface area contributed by atoms with E-state index >= 15 is 0 Å². The Morgan fingerprint density at radius 3 is 2.68 bits per heavy atom. The number of unbranched alkanes of at least 4 members (excludes halogenated alkanes) is 1. The predicted molar refractivity (Wildman–Crippen MR) is 90.6 cm³/mol. The van der Waals surface area contributed by atoms with E-state index in [9.17, 15) is 9.59 Å². The highest BCUT2D eigenvalue weighted by Gasteiger charge is 2.21. The van der Waals surface area contributed by atoms with Gasteiger partial charge in [-0.05, 0) is 18.9 Å². The molecule has 2 rings (SSSR count). The molecule has 2 aromatic rings. The molecule has 1 heterocycles. The molecule has 0 atom stereocenters. The van der Waals surface area contributed by atoms with Gasteiger partial charge in [-0.15, -0.1) is 11.3 Å². The zero-order chi connectivity index (χ0) is 15.9. The van der Waals surface area contributed by atoms with Gasteiger partial charge in [-0.3, -0.25) is 4.79 Å². The van der Waals surface area contributed by atoms with E-state index in [0.29, 0.717) is 23.6 Å². The third-order valence-corrected chi connectivity index (χ3v) is 4.35. The molecular formula is C17H21NO3S. The summed E-state index contributed by atoms with van der Waals surface area (Å²) < 4.78 is 6.30. The number of anilines is 1. The van der Waals surface area contributed by atoms with Gasteiger partial charge >= 0.3 is 5.97 Å². The third kappa shape index (κ3) is 3.85. The first-order valence-corrected chi connectivity index (χ1v) is 8.47. The Hall–Kier alpha value is -1.88. The molecule has 0 unspecified atom stereocenters. The van der Waals surface area contributed by atoms with Crippen molar-refractivity contribution in [2.45, 2.75) is 39.5 Å². The summed E-state index contributed by atoms with van der Waals surface area (Å²) in [5.41, 5.74) is 0.473. The number of carbonyl (C=O) groups excluding carboxylic acids is 2. The summed E-state index contributed by atoms with van der Waals surface area (Å²) in [5.74, 6) is -0.436. The molecule has 0 aliphatic carbocycles. The lowest BCUT2D eigenvalue weighted by Crippen LogP contribution is -2.14. The predicted octanol–water partition coefficient (Wildman–Crippen LogP) is 4.60.